The second-order valence-corrected chi connectivity index (χ2v) is 18.7. The van der Waals surface area contributed by atoms with Gasteiger partial charge in [-0.05, 0) is 117 Å². The van der Waals surface area contributed by atoms with Crippen LogP contribution in [-0.4, -0.2) is 60.2 Å². The average molecular weight is 736 g/mol. The van der Waals surface area contributed by atoms with Gasteiger partial charge in [0.1, 0.15) is 27.3 Å². The van der Waals surface area contributed by atoms with E-state index in [4.69, 9.17) is 24.2 Å². The van der Waals surface area contributed by atoms with Gasteiger partial charge >= 0.3 is 11.9 Å². The molecule has 284 valence electrons. The van der Waals surface area contributed by atoms with Crippen molar-refractivity contribution in [1.29, 1.82) is 0 Å². The number of esters is 2. The van der Waals surface area contributed by atoms with E-state index < -0.39 is 33.1 Å². The van der Waals surface area contributed by atoms with Crippen molar-refractivity contribution in [2.75, 3.05) is 14.2 Å². The van der Waals surface area contributed by atoms with Crippen LogP contribution in [0.4, 0.5) is 0 Å². The van der Waals surface area contributed by atoms with Crippen LogP contribution in [0.1, 0.15) is 122 Å². The normalized spacial score (nSPS) is 15.2. The molecule has 0 amide bonds. The molecule has 0 spiro atoms. The third kappa shape index (κ3) is 8.94. The van der Waals surface area contributed by atoms with Crippen LogP contribution in [0.25, 0.3) is 33.6 Å². The van der Waals surface area contributed by atoms with Crippen molar-refractivity contribution >= 4 is 45.4 Å². The largest absolute Gasteiger partial charge is 0.598 e. The first-order valence-electron chi connectivity index (χ1n) is 18.4. The van der Waals surface area contributed by atoms with Crippen LogP contribution in [0.2, 0.25) is 0 Å². The Morgan fingerprint density at radius 1 is 0.981 bits per heavy atom. The first kappa shape index (κ1) is 39.6. The number of fused-ring (bicyclic) bond motifs is 2. The Hall–Kier alpha value is -3.61. The van der Waals surface area contributed by atoms with E-state index in [2.05, 4.69) is 27.5 Å². The van der Waals surface area contributed by atoms with E-state index in [1.807, 2.05) is 67.0 Å². The topological polar surface area (TPSA) is 133 Å². The molecule has 52 heavy (non-hydrogen) atoms. The van der Waals surface area contributed by atoms with Gasteiger partial charge in [-0.1, -0.05) is 19.3 Å². The lowest BCUT2D eigenvalue weighted by molar-refractivity contribution is -0.166. The van der Waals surface area contributed by atoms with E-state index >= 15 is 0 Å². The zero-order chi connectivity index (χ0) is 38.2. The zero-order valence-electron chi connectivity index (χ0n) is 32.8. The highest BCUT2D eigenvalue weighted by atomic mass is 32.2. The zero-order valence-corrected chi connectivity index (χ0v) is 33.7. The SMILES string of the molecule is COC(=O)c1cc(OC)c2c(c1)nc(-c1cc3ccc(C(N[S+]([O-])C(C)(C)C)C4CC4)nc3n1CCCCCCC(C)(C)C(=O)OC(C)(C)C)n2C. The number of methoxy groups -OCH3 is 2. The molecule has 1 fully saturated rings. The number of aryl methyl sites for hydroxylation is 2. The molecule has 4 aromatic rings. The summed E-state index contributed by atoms with van der Waals surface area (Å²) in [6.45, 7) is 16.3. The summed E-state index contributed by atoms with van der Waals surface area (Å²) in [7, 11) is 4.89. The number of ether oxygens (including phenoxy) is 3. The molecular formula is C40H57N5O6S. The van der Waals surface area contributed by atoms with Crippen molar-refractivity contribution in [3.05, 3.63) is 41.6 Å². The number of hydrogen-bond donors (Lipinski definition) is 1. The van der Waals surface area contributed by atoms with Crippen molar-refractivity contribution in [3.8, 4) is 17.3 Å². The highest BCUT2D eigenvalue weighted by Gasteiger charge is 2.39. The molecule has 3 heterocycles. The second-order valence-electron chi connectivity index (χ2n) is 16.7. The maximum absolute atomic E-state index is 13.2. The maximum atomic E-state index is 13.2. The Balaban J connectivity index is 1.47. The molecule has 1 aliphatic carbocycles. The molecule has 0 radical (unpaired) electrons. The summed E-state index contributed by atoms with van der Waals surface area (Å²) in [4.78, 5) is 35.6. The predicted molar refractivity (Wildman–Crippen MR) is 207 cm³/mol. The Labute approximate surface area is 311 Å². The van der Waals surface area contributed by atoms with Gasteiger partial charge in [0.25, 0.3) is 0 Å². The minimum absolute atomic E-state index is 0.110. The lowest BCUT2D eigenvalue weighted by atomic mass is 9.86. The van der Waals surface area contributed by atoms with Crippen molar-refractivity contribution < 1.29 is 28.4 Å². The van der Waals surface area contributed by atoms with Gasteiger partial charge in [-0.3, -0.25) is 4.79 Å². The standard InChI is InChI=1S/C40H57N5O6S/c1-38(2,3)51-37(47)40(7,8)20-14-12-13-15-21-45-30(35-42-29-22-27(36(46)50-11)24-31(49-10)33(29)44(35)9)23-26-18-19-28(41-34(26)45)32(25-16-17-25)43-52(48)39(4,5)6/h18-19,22-25,32,43H,12-17,20-21H2,1-11H3. The number of aromatic nitrogens is 4. The van der Waals surface area contributed by atoms with E-state index in [1.165, 1.54) is 7.11 Å². The molecule has 5 rings (SSSR count). The number of nitrogens with one attached hydrogen (secondary N) is 1. The molecule has 0 saturated heterocycles. The molecular weight excluding hydrogens is 679 g/mol. The first-order chi connectivity index (χ1) is 24.3. The third-order valence-corrected chi connectivity index (χ3v) is 11.2. The molecule has 1 saturated carbocycles. The van der Waals surface area contributed by atoms with E-state index in [0.717, 1.165) is 78.7 Å². The van der Waals surface area contributed by atoms with Gasteiger partial charge in [0.2, 0.25) is 0 Å². The number of hydrogen-bond acceptors (Lipinski definition) is 9. The van der Waals surface area contributed by atoms with Crippen molar-refractivity contribution in [2.24, 2.45) is 18.4 Å². The molecule has 1 aromatic carbocycles. The summed E-state index contributed by atoms with van der Waals surface area (Å²) in [6, 6.07) is 9.58. The molecule has 1 aliphatic rings. The Bertz CT molecular complexity index is 1910. The molecule has 1 N–H and O–H groups in total. The van der Waals surface area contributed by atoms with Crippen molar-refractivity contribution in [3.63, 3.8) is 0 Å². The van der Waals surface area contributed by atoms with Crippen molar-refractivity contribution in [1.82, 2.24) is 23.8 Å². The lowest BCUT2D eigenvalue weighted by Crippen LogP contribution is -2.42. The van der Waals surface area contributed by atoms with Crippen LogP contribution in [0.5, 0.6) is 5.75 Å². The summed E-state index contributed by atoms with van der Waals surface area (Å²) in [5, 5.41) is 0.985. The van der Waals surface area contributed by atoms with E-state index in [1.54, 1.807) is 19.2 Å². The number of carbonyl (C=O) groups is 2. The fraction of sp³-hybridized carbons (Fsp3) is 0.600. The van der Waals surface area contributed by atoms with Gasteiger partial charge in [0.05, 0.1) is 48.1 Å². The summed E-state index contributed by atoms with van der Waals surface area (Å²) in [5.41, 5.74) is 3.34. The highest BCUT2D eigenvalue weighted by molar-refractivity contribution is 7.90. The van der Waals surface area contributed by atoms with Gasteiger partial charge in [0, 0.05) is 30.3 Å². The molecule has 0 bridgehead atoms. The average Bonchev–Trinajstić information content (AvgIpc) is 3.78. The van der Waals surface area contributed by atoms with E-state index in [-0.39, 0.29) is 12.0 Å². The smallest absolute Gasteiger partial charge is 0.338 e. The molecule has 2 atom stereocenters. The highest BCUT2D eigenvalue weighted by Crippen LogP contribution is 2.42. The number of carbonyl (C=O) groups excluding carboxylic acids is 2. The quantitative estimate of drug-likeness (QED) is 0.0729. The summed E-state index contributed by atoms with van der Waals surface area (Å²) < 4.78 is 36.9. The fourth-order valence-electron chi connectivity index (χ4n) is 6.49. The monoisotopic (exact) mass is 735 g/mol. The molecule has 2 unspecified atom stereocenters. The predicted octanol–water partition coefficient (Wildman–Crippen LogP) is 8.21. The summed E-state index contributed by atoms with van der Waals surface area (Å²) >= 11 is -1.24. The fourth-order valence-corrected chi connectivity index (χ4v) is 7.38. The Morgan fingerprint density at radius 3 is 2.29 bits per heavy atom. The Kier molecular flexibility index (Phi) is 11.7. The molecule has 12 heteroatoms. The minimum Gasteiger partial charge on any atom is -0.598 e. The van der Waals surface area contributed by atoms with Crippen LogP contribution in [0.3, 0.4) is 0 Å². The summed E-state index contributed by atoms with van der Waals surface area (Å²) in [6.07, 6.45) is 6.67. The lowest BCUT2D eigenvalue weighted by Gasteiger charge is -2.28. The van der Waals surface area contributed by atoms with Crippen LogP contribution in [-0.2, 0) is 39.2 Å². The van der Waals surface area contributed by atoms with Gasteiger partial charge in [0.15, 0.2) is 5.82 Å². The Morgan fingerprint density at radius 2 is 1.67 bits per heavy atom. The first-order valence-corrected chi connectivity index (χ1v) is 19.5. The van der Waals surface area contributed by atoms with Crippen molar-refractivity contribution in [2.45, 2.75) is 123 Å². The van der Waals surface area contributed by atoms with Gasteiger partial charge in [-0.15, -0.1) is 4.72 Å². The molecule has 11 nitrogen and oxygen atoms in total. The minimum atomic E-state index is -1.24. The second kappa shape index (κ2) is 15.4. The molecule has 3 aromatic heterocycles. The van der Waals surface area contributed by atoms with Crippen LogP contribution >= 0.6 is 0 Å². The van der Waals surface area contributed by atoms with E-state index in [9.17, 15) is 14.1 Å². The number of rotatable bonds is 15. The van der Waals surface area contributed by atoms with Gasteiger partial charge < -0.3 is 27.9 Å². The molecule has 0 aliphatic heterocycles. The van der Waals surface area contributed by atoms with Crippen LogP contribution in [0.15, 0.2) is 30.3 Å². The summed E-state index contributed by atoms with van der Waals surface area (Å²) in [5.74, 6) is 1.02. The number of benzene rings is 1. The van der Waals surface area contributed by atoms with E-state index in [0.29, 0.717) is 29.3 Å². The number of unbranched alkanes of at least 4 members (excludes halogenated alkanes) is 3. The number of nitrogens with zero attached hydrogens (tertiary/aromatic N) is 4. The van der Waals surface area contributed by atoms with Crippen LogP contribution < -0.4 is 9.46 Å². The van der Waals surface area contributed by atoms with Gasteiger partial charge in [-0.2, -0.15) is 0 Å². The van der Waals surface area contributed by atoms with Gasteiger partial charge in [-0.25, -0.2) is 14.8 Å². The number of imidazole rings is 1. The van der Waals surface area contributed by atoms with Crippen LogP contribution in [0, 0.1) is 11.3 Å². The third-order valence-electron chi connectivity index (χ3n) is 9.66. The maximum Gasteiger partial charge on any atom is 0.338 e. The number of pyridine rings is 1.